The average molecular weight is 209 g/mol. The highest BCUT2D eigenvalue weighted by atomic mass is 16.7. The second-order valence-corrected chi connectivity index (χ2v) is 2.81. The smallest absolute Gasteiger partial charge is 0.316 e. The number of rotatable bonds is 1. The number of nitrogens with one attached hydrogen (secondary N) is 1. The van der Waals surface area contributed by atoms with Crippen molar-refractivity contribution < 1.29 is 14.0 Å². The highest BCUT2D eigenvalue weighted by Gasteiger charge is 2.20. The first-order valence-electron chi connectivity index (χ1n) is 4.00. The summed E-state index contributed by atoms with van der Waals surface area (Å²) < 4.78 is 11.2. The largest absolute Gasteiger partial charge is 0.493 e. The van der Waals surface area contributed by atoms with E-state index >= 15 is 0 Å². The van der Waals surface area contributed by atoms with Gasteiger partial charge in [-0.25, -0.2) is 0 Å². The average Bonchev–Trinajstić information content (AvgIpc) is 2.83. The zero-order valence-corrected chi connectivity index (χ0v) is 7.54. The van der Waals surface area contributed by atoms with Gasteiger partial charge in [-0.3, -0.25) is 0 Å². The van der Waals surface area contributed by atoms with Crippen LogP contribution in [0, 0.1) is 4.91 Å². The summed E-state index contributed by atoms with van der Waals surface area (Å²) in [7, 11) is 1.47. The summed E-state index contributed by atoms with van der Waals surface area (Å²) in [5.74, 6) is 0.395. The molecule has 0 fully saturated rings. The first kappa shape index (κ1) is 7.91. The summed E-state index contributed by atoms with van der Waals surface area (Å²) in [6, 6.07) is 1.49. The number of pyridine rings is 1. The van der Waals surface area contributed by atoms with Gasteiger partial charge in [0.2, 0.25) is 5.65 Å². The fourth-order valence-corrected chi connectivity index (χ4v) is 1.38. The van der Waals surface area contributed by atoms with Crippen LogP contribution in [0.15, 0.2) is 10.7 Å². The molecule has 0 atom stereocenters. The number of hydrogen-bond donors (Lipinski definition) is 1. The lowest BCUT2D eigenvalue weighted by molar-refractivity contribution is -0.692. The number of nitrogens with zero attached hydrogens (tertiary/aromatic N) is 5. The third-order valence-corrected chi connectivity index (χ3v) is 2.05. The number of aromatic amines is 1. The van der Waals surface area contributed by atoms with Gasteiger partial charge in [0.15, 0.2) is 10.3 Å². The van der Waals surface area contributed by atoms with E-state index in [4.69, 9.17) is 4.74 Å². The Kier molecular flexibility index (Phi) is 1.33. The Labute approximate surface area is 80.8 Å². The molecule has 15 heavy (non-hydrogen) atoms. The molecule has 0 aliphatic carbocycles. The molecular weight excluding hydrogens is 204 g/mol. The van der Waals surface area contributed by atoms with Crippen molar-refractivity contribution in [1.82, 2.24) is 25.2 Å². The summed E-state index contributed by atoms with van der Waals surface area (Å²) in [6.07, 6.45) is 0. The number of hydrogen-bond acceptors (Lipinski definition) is 6. The monoisotopic (exact) mass is 209 g/mol. The van der Waals surface area contributed by atoms with Gasteiger partial charge in [0.05, 0.1) is 7.11 Å². The molecule has 76 valence electrons. The summed E-state index contributed by atoms with van der Waals surface area (Å²) >= 11 is 0. The molecule has 3 rings (SSSR count). The van der Waals surface area contributed by atoms with Gasteiger partial charge in [-0.1, -0.05) is 9.79 Å². The van der Waals surface area contributed by atoms with Crippen molar-refractivity contribution in [2.75, 3.05) is 7.11 Å². The maximum Gasteiger partial charge on any atom is 0.316 e. The predicted molar refractivity (Wildman–Crippen MR) is 44.8 cm³/mol. The van der Waals surface area contributed by atoms with Crippen LogP contribution in [0.4, 0.5) is 0 Å². The van der Waals surface area contributed by atoms with Gasteiger partial charge in [0.25, 0.3) is 5.52 Å². The first-order chi connectivity index (χ1) is 7.31. The SMILES string of the molecule is COc1cc2c([nH]o[n+]2=O)n2nnnc12. The Morgan fingerprint density at radius 1 is 1.67 bits per heavy atom. The van der Waals surface area contributed by atoms with E-state index < -0.39 is 0 Å². The lowest BCUT2D eigenvalue weighted by Gasteiger charge is -1.96. The van der Waals surface area contributed by atoms with E-state index in [9.17, 15) is 4.91 Å². The van der Waals surface area contributed by atoms with Gasteiger partial charge < -0.3 is 4.74 Å². The van der Waals surface area contributed by atoms with Gasteiger partial charge in [-0.05, 0) is 15.3 Å². The summed E-state index contributed by atoms with van der Waals surface area (Å²) in [6.45, 7) is 0. The van der Waals surface area contributed by atoms with Crippen LogP contribution >= 0.6 is 0 Å². The number of fused-ring (bicyclic) bond motifs is 3. The van der Waals surface area contributed by atoms with Crippen LogP contribution in [0.25, 0.3) is 16.8 Å². The van der Waals surface area contributed by atoms with Crippen LogP contribution in [0.3, 0.4) is 0 Å². The third-order valence-electron chi connectivity index (χ3n) is 2.05. The molecule has 9 nitrogen and oxygen atoms in total. The Morgan fingerprint density at radius 2 is 2.53 bits per heavy atom. The minimum Gasteiger partial charge on any atom is -0.493 e. The van der Waals surface area contributed by atoms with E-state index in [1.54, 1.807) is 0 Å². The lowest BCUT2D eigenvalue weighted by atomic mass is 10.4. The summed E-state index contributed by atoms with van der Waals surface area (Å²) in [5, 5.41) is 13.3. The molecule has 0 radical (unpaired) electrons. The van der Waals surface area contributed by atoms with Crippen molar-refractivity contribution in [3.05, 3.63) is 11.0 Å². The highest BCUT2D eigenvalue weighted by Crippen LogP contribution is 2.20. The molecule has 0 unspecified atom stereocenters. The quantitative estimate of drug-likeness (QED) is 0.558. The van der Waals surface area contributed by atoms with Crippen molar-refractivity contribution >= 4 is 16.8 Å². The lowest BCUT2D eigenvalue weighted by Crippen LogP contribution is -2.09. The predicted octanol–water partition coefficient (Wildman–Crippen LogP) is -0.878. The topological polar surface area (TPSA) is 104 Å². The van der Waals surface area contributed by atoms with Crippen LogP contribution < -0.4 is 9.34 Å². The van der Waals surface area contributed by atoms with E-state index in [1.165, 1.54) is 17.7 Å². The molecule has 0 saturated heterocycles. The maximum atomic E-state index is 11.2. The molecule has 0 saturated carbocycles. The van der Waals surface area contributed by atoms with Crippen molar-refractivity contribution in [3.63, 3.8) is 0 Å². The fourth-order valence-electron chi connectivity index (χ4n) is 1.38. The van der Waals surface area contributed by atoms with E-state index in [-0.39, 0.29) is 5.52 Å². The maximum absolute atomic E-state index is 11.2. The zero-order chi connectivity index (χ0) is 10.4. The number of methoxy groups -OCH3 is 1. The molecule has 0 spiro atoms. The van der Waals surface area contributed by atoms with Gasteiger partial charge in [0.1, 0.15) is 0 Å². The second kappa shape index (κ2) is 2.53. The van der Waals surface area contributed by atoms with E-state index in [1.807, 2.05) is 0 Å². The summed E-state index contributed by atoms with van der Waals surface area (Å²) in [5.41, 5.74) is 1.03. The molecule has 3 aromatic heterocycles. The van der Waals surface area contributed by atoms with Gasteiger partial charge >= 0.3 is 5.65 Å². The van der Waals surface area contributed by atoms with Crippen molar-refractivity contribution in [1.29, 1.82) is 0 Å². The minimum atomic E-state index is 0.256. The normalized spacial score (nSPS) is 11.3. The zero-order valence-electron chi connectivity index (χ0n) is 7.54. The Hall–Kier alpha value is -2.45. The minimum absolute atomic E-state index is 0.256. The van der Waals surface area contributed by atoms with Gasteiger partial charge in [-0.2, -0.15) is 0 Å². The number of H-pyrrole nitrogens is 1. The molecule has 0 amide bonds. The molecule has 0 bridgehead atoms. The van der Waals surface area contributed by atoms with Crippen LogP contribution in [0.5, 0.6) is 5.75 Å². The van der Waals surface area contributed by atoms with Gasteiger partial charge in [-0.15, -0.1) is 9.61 Å². The Balaban J connectivity index is 2.64. The van der Waals surface area contributed by atoms with E-state index in [2.05, 4.69) is 25.3 Å². The second-order valence-electron chi connectivity index (χ2n) is 2.81. The van der Waals surface area contributed by atoms with Crippen LogP contribution in [0.2, 0.25) is 0 Å². The first-order valence-corrected chi connectivity index (χ1v) is 4.00. The Morgan fingerprint density at radius 3 is 3.33 bits per heavy atom. The molecular formula is C6H5N6O3+. The van der Waals surface area contributed by atoms with Crippen molar-refractivity contribution in [2.24, 2.45) is 0 Å². The van der Waals surface area contributed by atoms with Crippen LogP contribution in [-0.2, 0) is 0 Å². The van der Waals surface area contributed by atoms with E-state index in [0.29, 0.717) is 21.6 Å². The molecule has 0 aliphatic rings. The van der Waals surface area contributed by atoms with Crippen molar-refractivity contribution in [3.8, 4) is 5.75 Å². The molecule has 3 heterocycles. The highest BCUT2D eigenvalue weighted by molar-refractivity contribution is 5.74. The third kappa shape index (κ3) is 0.882. The standard InChI is InChI=1S/C6H5N6O3/c1-14-4-2-3-5(8-15-12(3)13)11-6(4)7-9-10-11/h2,8H,1H3/q+1. The van der Waals surface area contributed by atoms with Crippen LogP contribution in [-0.4, -0.2) is 32.3 Å². The fraction of sp³-hybridized carbons (Fsp3) is 0.167. The Bertz CT molecular complexity index is 694. The summed E-state index contributed by atoms with van der Waals surface area (Å²) in [4.78, 5) is 11.2. The van der Waals surface area contributed by atoms with Crippen molar-refractivity contribution in [2.45, 2.75) is 0 Å². The van der Waals surface area contributed by atoms with E-state index in [0.717, 1.165) is 0 Å². The molecule has 0 aliphatic heterocycles. The molecule has 0 aromatic carbocycles. The number of tetrazole rings is 1. The number of aromatic nitrogens is 6. The number of ether oxygens (including phenoxy) is 1. The van der Waals surface area contributed by atoms with Gasteiger partial charge in [0, 0.05) is 6.07 Å². The molecule has 3 aromatic rings. The van der Waals surface area contributed by atoms with Crippen LogP contribution in [0.1, 0.15) is 0 Å². The molecule has 9 heteroatoms. The molecule has 1 N–H and O–H groups in total.